The van der Waals surface area contributed by atoms with Crippen molar-refractivity contribution >= 4 is 15.8 Å². The minimum atomic E-state index is -3.70. The van der Waals surface area contributed by atoms with Crippen LogP contribution in [0.2, 0.25) is 0 Å². The molecule has 6 nitrogen and oxygen atoms in total. The minimum absolute atomic E-state index is 0.0658. The van der Waals surface area contributed by atoms with E-state index in [1.165, 1.54) is 11.4 Å². The Balaban J connectivity index is 1.57. The first kappa shape index (κ1) is 20.9. The molecule has 160 valence electrons. The first-order valence-corrected chi connectivity index (χ1v) is 11.6. The SMILES string of the molecule is COc1ccc(C)cc1S(=O)(=O)N1CCC2(CC1)CC(=O)c1cc(C)c(C)cc1O2. The Morgan fingerprint density at radius 3 is 2.37 bits per heavy atom. The summed E-state index contributed by atoms with van der Waals surface area (Å²) in [5, 5.41) is 0. The molecule has 2 aromatic rings. The number of nitrogens with zero attached hydrogens (tertiary/aromatic N) is 1. The Morgan fingerprint density at radius 1 is 1.03 bits per heavy atom. The maximum absolute atomic E-state index is 13.3. The monoisotopic (exact) mass is 429 g/mol. The van der Waals surface area contributed by atoms with Crippen LogP contribution in [0.1, 0.15) is 46.3 Å². The van der Waals surface area contributed by atoms with Crippen molar-refractivity contribution in [3.8, 4) is 11.5 Å². The molecular formula is C23H27NO5S. The summed E-state index contributed by atoms with van der Waals surface area (Å²) in [6.45, 7) is 6.43. The molecule has 0 N–H and O–H groups in total. The van der Waals surface area contributed by atoms with E-state index in [4.69, 9.17) is 9.47 Å². The van der Waals surface area contributed by atoms with Crippen LogP contribution < -0.4 is 9.47 Å². The summed E-state index contributed by atoms with van der Waals surface area (Å²) >= 11 is 0. The van der Waals surface area contributed by atoms with Gasteiger partial charge in [-0.15, -0.1) is 0 Å². The Morgan fingerprint density at radius 2 is 1.70 bits per heavy atom. The number of hydrogen-bond donors (Lipinski definition) is 0. The summed E-state index contributed by atoms with van der Waals surface area (Å²) < 4.78 is 39.6. The molecule has 0 saturated carbocycles. The Bertz CT molecular complexity index is 1110. The van der Waals surface area contributed by atoms with Gasteiger partial charge in [-0.1, -0.05) is 6.07 Å². The Kier molecular flexibility index (Phi) is 5.14. The summed E-state index contributed by atoms with van der Waals surface area (Å²) in [4.78, 5) is 13.0. The first-order chi connectivity index (χ1) is 14.1. The molecule has 0 radical (unpaired) electrons. The molecule has 1 saturated heterocycles. The number of carbonyl (C=O) groups is 1. The molecule has 0 aromatic heterocycles. The van der Waals surface area contributed by atoms with Gasteiger partial charge in [0.25, 0.3) is 0 Å². The van der Waals surface area contributed by atoms with Crippen molar-refractivity contribution in [1.29, 1.82) is 0 Å². The molecule has 2 heterocycles. The summed E-state index contributed by atoms with van der Waals surface area (Å²) in [5.74, 6) is 1.02. The second kappa shape index (κ2) is 7.39. The molecule has 0 amide bonds. The lowest BCUT2D eigenvalue weighted by molar-refractivity contribution is 0.00584. The third-order valence-electron chi connectivity index (χ3n) is 6.28. The van der Waals surface area contributed by atoms with Crippen LogP contribution in [0, 0.1) is 20.8 Å². The van der Waals surface area contributed by atoms with E-state index in [0.717, 1.165) is 16.7 Å². The van der Waals surface area contributed by atoms with Crippen molar-refractivity contribution in [2.75, 3.05) is 20.2 Å². The van der Waals surface area contributed by atoms with Gasteiger partial charge in [0, 0.05) is 25.9 Å². The summed E-state index contributed by atoms with van der Waals surface area (Å²) in [7, 11) is -2.23. The molecule has 2 aliphatic heterocycles. The van der Waals surface area contributed by atoms with Crippen LogP contribution in [0.15, 0.2) is 35.2 Å². The molecule has 0 atom stereocenters. The highest BCUT2D eigenvalue weighted by Crippen LogP contribution is 2.41. The molecule has 0 aliphatic carbocycles. The molecule has 1 fully saturated rings. The predicted molar refractivity (Wildman–Crippen MR) is 114 cm³/mol. The Labute approximate surface area is 177 Å². The van der Waals surface area contributed by atoms with E-state index in [1.54, 1.807) is 12.1 Å². The highest BCUT2D eigenvalue weighted by Gasteiger charge is 2.45. The van der Waals surface area contributed by atoms with Crippen molar-refractivity contribution < 1.29 is 22.7 Å². The number of sulfonamides is 1. The number of methoxy groups -OCH3 is 1. The number of carbonyl (C=O) groups excluding carboxylic acids is 1. The van der Waals surface area contributed by atoms with E-state index in [0.29, 0.717) is 43.0 Å². The zero-order valence-electron chi connectivity index (χ0n) is 17.8. The largest absolute Gasteiger partial charge is 0.495 e. The molecule has 7 heteroatoms. The fourth-order valence-electron chi connectivity index (χ4n) is 4.29. The van der Waals surface area contributed by atoms with Gasteiger partial charge < -0.3 is 9.47 Å². The maximum Gasteiger partial charge on any atom is 0.246 e. The predicted octanol–water partition coefficient (Wildman–Crippen LogP) is 3.81. The van der Waals surface area contributed by atoms with Crippen molar-refractivity contribution in [1.82, 2.24) is 4.31 Å². The number of ketones is 1. The fourth-order valence-corrected chi connectivity index (χ4v) is 5.97. The van der Waals surface area contributed by atoms with E-state index in [-0.39, 0.29) is 17.1 Å². The van der Waals surface area contributed by atoms with Crippen LogP contribution in [0.4, 0.5) is 0 Å². The number of ether oxygens (including phenoxy) is 2. The molecule has 1 spiro atoms. The normalized spacial score (nSPS) is 18.7. The number of rotatable bonds is 3. The zero-order chi connectivity index (χ0) is 21.7. The van der Waals surface area contributed by atoms with Crippen LogP contribution in [0.3, 0.4) is 0 Å². The lowest BCUT2D eigenvalue weighted by Gasteiger charge is -2.43. The number of benzene rings is 2. The van der Waals surface area contributed by atoms with E-state index >= 15 is 0 Å². The van der Waals surface area contributed by atoms with E-state index in [9.17, 15) is 13.2 Å². The van der Waals surface area contributed by atoms with Gasteiger partial charge in [0.1, 0.15) is 22.0 Å². The van der Waals surface area contributed by atoms with Crippen LogP contribution in [0.5, 0.6) is 11.5 Å². The number of hydrogen-bond acceptors (Lipinski definition) is 5. The van der Waals surface area contributed by atoms with Gasteiger partial charge in [-0.2, -0.15) is 4.31 Å². The van der Waals surface area contributed by atoms with Crippen LogP contribution in [-0.4, -0.2) is 44.3 Å². The standard InChI is InChI=1S/C23H27NO5S/c1-15-5-6-20(28-4)22(11-15)30(26,27)24-9-7-23(8-10-24)14-19(25)18-12-16(2)17(3)13-21(18)29-23/h5-6,11-13H,7-10,14H2,1-4H3. The van der Waals surface area contributed by atoms with E-state index < -0.39 is 15.6 Å². The van der Waals surface area contributed by atoms with E-state index in [1.807, 2.05) is 39.0 Å². The lowest BCUT2D eigenvalue weighted by Crippen LogP contribution is -2.52. The minimum Gasteiger partial charge on any atom is -0.495 e. The van der Waals surface area contributed by atoms with Gasteiger partial charge in [0.2, 0.25) is 10.0 Å². The second-order valence-corrected chi connectivity index (χ2v) is 10.3. The van der Waals surface area contributed by atoms with Crippen molar-refractivity contribution in [2.24, 2.45) is 0 Å². The fraction of sp³-hybridized carbons (Fsp3) is 0.435. The van der Waals surface area contributed by atoms with Gasteiger partial charge in [0.05, 0.1) is 19.1 Å². The summed E-state index contributed by atoms with van der Waals surface area (Å²) in [5.41, 5.74) is 2.98. The van der Waals surface area contributed by atoms with Gasteiger partial charge >= 0.3 is 0 Å². The van der Waals surface area contributed by atoms with Crippen LogP contribution >= 0.6 is 0 Å². The maximum atomic E-state index is 13.3. The first-order valence-electron chi connectivity index (χ1n) is 10.1. The third kappa shape index (κ3) is 3.50. The average Bonchev–Trinajstić information content (AvgIpc) is 2.70. The summed E-state index contributed by atoms with van der Waals surface area (Å²) in [6.07, 6.45) is 1.22. The summed E-state index contributed by atoms with van der Waals surface area (Å²) in [6, 6.07) is 8.96. The van der Waals surface area contributed by atoms with Gasteiger partial charge in [-0.25, -0.2) is 8.42 Å². The van der Waals surface area contributed by atoms with Gasteiger partial charge in [0.15, 0.2) is 5.78 Å². The third-order valence-corrected chi connectivity index (χ3v) is 8.20. The zero-order valence-corrected chi connectivity index (χ0v) is 18.6. The van der Waals surface area contributed by atoms with Crippen LogP contribution in [0.25, 0.3) is 0 Å². The van der Waals surface area contributed by atoms with Crippen molar-refractivity contribution in [3.63, 3.8) is 0 Å². The molecule has 0 unspecified atom stereocenters. The number of piperidine rings is 1. The van der Waals surface area contributed by atoms with Gasteiger partial charge in [-0.3, -0.25) is 4.79 Å². The highest BCUT2D eigenvalue weighted by molar-refractivity contribution is 7.89. The molecule has 2 aromatic carbocycles. The topological polar surface area (TPSA) is 72.9 Å². The molecule has 30 heavy (non-hydrogen) atoms. The van der Waals surface area contributed by atoms with E-state index in [2.05, 4.69) is 0 Å². The van der Waals surface area contributed by atoms with Crippen molar-refractivity contribution in [2.45, 2.75) is 50.5 Å². The smallest absolute Gasteiger partial charge is 0.246 e. The number of fused-ring (bicyclic) bond motifs is 1. The second-order valence-electron chi connectivity index (χ2n) is 8.38. The number of Topliss-reactive ketones (excluding diaryl/α,β-unsaturated/α-hetero) is 1. The quantitative estimate of drug-likeness (QED) is 0.742. The Hall–Kier alpha value is -2.38. The van der Waals surface area contributed by atoms with Gasteiger partial charge in [-0.05, 0) is 61.7 Å². The molecule has 4 rings (SSSR count). The number of aryl methyl sites for hydroxylation is 3. The highest BCUT2D eigenvalue weighted by atomic mass is 32.2. The average molecular weight is 430 g/mol. The lowest BCUT2D eigenvalue weighted by atomic mass is 9.82. The molecular weight excluding hydrogens is 402 g/mol. The molecule has 2 aliphatic rings. The van der Waals surface area contributed by atoms with Crippen LogP contribution in [-0.2, 0) is 10.0 Å². The molecule has 0 bridgehead atoms. The van der Waals surface area contributed by atoms with Crippen molar-refractivity contribution in [3.05, 3.63) is 52.6 Å².